The number of hydrogen-bond acceptors (Lipinski definition) is 5. The molecule has 0 aliphatic carbocycles. The highest BCUT2D eigenvalue weighted by molar-refractivity contribution is 5.87. The van der Waals surface area contributed by atoms with Gasteiger partial charge in [0.25, 0.3) is 0 Å². The number of rotatable bonds is 8. The highest BCUT2D eigenvalue weighted by Gasteiger charge is 2.36. The molecule has 3 aromatic rings. The smallest absolute Gasteiger partial charge is 0.351 e. The summed E-state index contributed by atoms with van der Waals surface area (Å²) in [5, 5.41) is 2.32. The molecule has 1 heterocycles. The van der Waals surface area contributed by atoms with Crippen LogP contribution in [0.1, 0.15) is 31.9 Å². The van der Waals surface area contributed by atoms with E-state index in [4.69, 9.17) is 10.5 Å². The molecule has 7 heteroatoms. The molecular formula is C27H28N2O5. The van der Waals surface area contributed by atoms with Crippen molar-refractivity contribution in [3.05, 3.63) is 72.3 Å². The molecule has 2 atom stereocenters. The lowest BCUT2D eigenvalue weighted by Gasteiger charge is -2.32. The summed E-state index contributed by atoms with van der Waals surface area (Å²) in [6.45, 7) is 4.38. The molecule has 1 aliphatic rings. The Bertz CT molecular complexity index is 1210. The summed E-state index contributed by atoms with van der Waals surface area (Å²) in [5.41, 5.74) is 8.54. The van der Waals surface area contributed by atoms with Gasteiger partial charge < -0.3 is 20.1 Å². The largest absolute Gasteiger partial charge is 0.458 e. The number of amides is 2. The lowest BCUT2D eigenvalue weighted by atomic mass is 9.96. The van der Waals surface area contributed by atoms with Gasteiger partial charge in [-0.15, -0.1) is 0 Å². The Morgan fingerprint density at radius 1 is 1.03 bits per heavy atom. The quantitative estimate of drug-likeness (QED) is 0.501. The lowest BCUT2D eigenvalue weighted by Crippen LogP contribution is -2.45. The highest BCUT2D eigenvalue weighted by Crippen LogP contribution is 2.30. The van der Waals surface area contributed by atoms with Crippen LogP contribution < -0.4 is 5.73 Å². The molecule has 0 spiro atoms. The molecule has 176 valence electrons. The van der Waals surface area contributed by atoms with E-state index < -0.39 is 30.1 Å². The Kier molecular flexibility index (Phi) is 6.82. The molecule has 34 heavy (non-hydrogen) atoms. The molecule has 0 radical (unpaired) electrons. The summed E-state index contributed by atoms with van der Waals surface area (Å²) >= 11 is 0. The predicted molar refractivity (Wildman–Crippen MR) is 129 cm³/mol. The summed E-state index contributed by atoms with van der Waals surface area (Å²) < 4.78 is 9.88. The van der Waals surface area contributed by atoms with Gasteiger partial charge in [0.1, 0.15) is 6.61 Å². The molecule has 1 fully saturated rings. The van der Waals surface area contributed by atoms with Gasteiger partial charge in [-0.3, -0.25) is 4.79 Å². The van der Waals surface area contributed by atoms with Crippen molar-refractivity contribution in [1.82, 2.24) is 4.90 Å². The first kappa shape index (κ1) is 23.3. The van der Waals surface area contributed by atoms with E-state index in [2.05, 4.69) is 35.1 Å². The zero-order valence-electron chi connectivity index (χ0n) is 19.3. The first-order valence-electron chi connectivity index (χ1n) is 11.3. The van der Waals surface area contributed by atoms with Crippen molar-refractivity contribution in [2.75, 3.05) is 13.2 Å². The Hall–Kier alpha value is -3.87. The van der Waals surface area contributed by atoms with Crippen molar-refractivity contribution in [3.8, 4) is 11.1 Å². The fourth-order valence-corrected chi connectivity index (χ4v) is 4.10. The van der Waals surface area contributed by atoms with E-state index in [9.17, 15) is 14.4 Å². The molecule has 7 nitrogen and oxygen atoms in total. The van der Waals surface area contributed by atoms with Crippen LogP contribution in [0.2, 0.25) is 0 Å². The van der Waals surface area contributed by atoms with Crippen molar-refractivity contribution in [1.29, 1.82) is 0 Å². The van der Waals surface area contributed by atoms with Crippen molar-refractivity contribution in [2.45, 2.75) is 32.4 Å². The third kappa shape index (κ3) is 5.20. The van der Waals surface area contributed by atoms with Crippen LogP contribution in [0.4, 0.5) is 4.79 Å². The SMILES string of the molecule is CC(C)CN(C(N)=O)C(CC(=O)OC1COC1=O)c1ccc(-c2ccc3ccccc3c2)cc1. The van der Waals surface area contributed by atoms with Crippen LogP contribution in [0, 0.1) is 5.92 Å². The maximum absolute atomic E-state index is 12.6. The second kappa shape index (κ2) is 9.95. The fraction of sp³-hybridized carbons (Fsp3) is 0.296. The topological polar surface area (TPSA) is 98.9 Å². The van der Waals surface area contributed by atoms with E-state index in [1.807, 2.05) is 50.2 Å². The Morgan fingerprint density at radius 2 is 1.71 bits per heavy atom. The van der Waals surface area contributed by atoms with Crippen molar-refractivity contribution in [3.63, 3.8) is 0 Å². The number of ether oxygens (including phenoxy) is 2. The monoisotopic (exact) mass is 460 g/mol. The molecule has 0 aromatic heterocycles. The van der Waals surface area contributed by atoms with E-state index >= 15 is 0 Å². The predicted octanol–water partition coefficient (Wildman–Crippen LogP) is 4.44. The second-order valence-corrected chi connectivity index (χ2v) is 8.90. The summed E-state index contributed by atoms with van der Waals surface area (Å²) in [4.78, 5) is 37.8. The number of hydrogen-bond donors (Lipinski definition) is 1. The molecule has 2 unspecified atom stereocenters. The van der Waals surface area contributed by atoms with Gasteiger partial charge in [0.05, 0.1) is 12.5 Å². The summed E-state index contributed by atoms with van der Waals surface area (Å²) in [6, 6.07) is 20.9. The first-order chi connectivity index (χ1) is 16.3. The molecule has 0 saturated carbocycles. The minimum Gasteiger partial charge on any atom is -0.458 e. The Morgan fingerprint density at radius 3 is 2.29 bits per heavy atom. The lowest BCUT2D eigenvalue weighted by molar-refractivity contribution is -0.192. The van der Waals surface area contributed by atoms with Crippen LogP contribution in [-0.4, -0.2) is 42.1 Å². The summed E-state index contributed by atoms with van der Waals surface area (Å²) in [7, 11) is 0. The van der Waals surface area contributed by atoms with Crippen LogP contribution in [0.3, 0.4) is 0 Å². The minimum absolute atomic E-state index is 0.0568. The van der Waals surface area contributed by atoms with E-state index in [0.29, 0.717) is 6.54 Å². The van der Waals surface area contributed by atoms with Crippen LogP contribution in [0.15, 0.2) is 66.7 Å². The Labute approximate surface area is 198 Å². The van der Waals surface area contributed by atoms with Gasteiger partial charge in [-0.25, -0.2) is 9.59 Å². The third-order valence-electron chi connectivity index (χ3n) is 5.87. The normalized spacial score (nSPS) is 16.0. The summed E-state index contributed by atoms with van der Waals surface area (Å²) in [6.07, 6.45) is -0.995. The molecule has 3 aromatic carbocycles. The molecule has 4 rings (SSSR count). The van der Waals surface area contributed by atoms with E-state index in [-0.39, 0.29) is 18.9 Å². The van der Waals surface area contributed by atoms with Crippen LogP contribution >= 0.6 is 0 Å². The minimum atomic E-state index is -0.879. The highest BCUT2D eigenvalue weighted by atomic mass is 16.6. The van der Waals surface area contributed by atoms with E-state index in [1.54, 1.807) is 0 Å². The number of cyclic esters (lactones) is 1. The number of fused-ring (bicyclic) bond motifs is 1. The Balaban J connectivity index is 1.60. The van der Waals surface area contributed by atoms with Gasteiger partial charge in [-0.1, -0.05) is 74.5 Å². The van der Waals surface area contributed by atoms with Gasteiger partial charge in [0.15, 0.2) is 0 Å². The van der Waals surface area contributed by atoms with Crippen molar-refractivity contribution < 1.29 is 23.9 Å². The van der Waals surface area contributed by atoms with Crippen LogP contribution in [-0.2, 0) is 19.1 Å². The van der Waals surface area contributed by atoms with Crippen molar-refractivity contribution in [2.24, 2.45) is 11.7 Å². The van der Waals surface area contributed by atoms with Gasteiger partial charge >= 0.3 is 18.0 Å². The second-order valence-electron chi connectivity index (χ2n) is 8.90. The number of carbonyl (C=O) groups excluding carboxylic acids is 3. The number of esters is 2. The first-order valence-corrected chi connectivity index (χ1v) is 11.3. The zero-order chi connectivity index (χ0) is 24.2. The van der Waals surface area contributed by atoms with Crippen LogP contribution in [0.25, 0.3) is 21.9 Å². The maximum Gasteiger partial charge on any atom is 0.351 e. The number of benzene rings is 3. The number of urea groups is 1. The van der Waals surface area contributed by atoms with E-state index in [0.717, 1.165) is 22.1 Å². The number of nitrogens with two attached hydrogens (primary N) is 1. The number of nitrogens with zero attached hydrogens (tertiary/aromatic N) is 1. The average molecular weight is 461 g/mol. The molecule has 1 aliphatic heterocycles. The zero-order valence-corrected chi connectivity index (χ0v) is 19.3. The third-order valence-corrected chi connectivity index (χ3v) is 5.87. The van der Waals surface area contributed by atoms with Gasteiger partial charge in [0.2, 0.25) is 6.10 Å². The fourth-order valence-electron chi connectivity index (χ4n) is 4.10. The van der Waals surface area contributed by atoms with Crippen LogP contribution in [0.5, 0.6) is 0 Å². The van der Waals surface area contributed by atoms with Crippen molar-refractivity contribution >= 4 is 28.7 Å². The number of primary amides is 1. The average Bonchev–Trinajstić information content (AvgIpc) is 2.83. The molecule has 0 bridgehead atoms. The van der Waals surface area contributed by atoms with Gasteiger partial charge in [-0.05, 0) is 39.4 Å². The summed E-state index contributed by atoms with van der Waals surface area (Å²) in [5.74, 6) is -0.997. The molecular weight excluding hydrogens is 432 g/mol. The number of carbonyl (C=O) groups is 3. The molecule has 2 amide bonds. The standard InChI is InChI=1S/C27H28N2O5/c1-17(2)15-29(27(28)32)23(14-25(30)34-24-16-33-26(24)31)20-10-7-19(8-11-20)22-12-9-18-5-3-4-6-21(18)13-22/h3-13,17,23-24H,14-16H2,1-2H3,(H2,28,32). The maximum atomic E-state index is 12.6. The van der Waals surface area contributed by atoms with E-state index in [1.165, 1.54) is 10.3 Å². The molecule has 2 N–H and O–H groups in total. The van der Waals surface area contributed by atoms with Gasteiger partial charge in [0, 0.05) is 6.54 Å². The molecule has 1 saturated heterocycles. The van der Waals surface area contributed by atoms with Gasteiger partial charge in [-0.2, -0.15) is 0 Å².